The van der Waals surface area contributed by atoms with Crippen molar-refractivity contribution in [2.75, 3.05) is 39.4 Å². The van der Waals surface area contributed by atoms with Crippen molar-refractivity contribution in [3.8, 4) is 0 Å². The third-order valence-corrected chi connectivity index (χ3v) is 4.81. The lowest BCUT2D eigenvalue weighted by Gasteiger charge is -2.39. The van der Waals surface area contributed by atoms with E-state index in [2.05, 4.69) is 24.1 Å². The van der Waals surface area contributed by atoms with Crippen LogP contribution >= 0.6 is 0 Å². The summed E-state index contributed by atoms with van der Waals surface area (Å²) < 4.78 is 5.77. The van der Waals surface area contributed by atoms with Crippen LogP contribution in [0.15, 0.2) is 0 Å². The maximum absolute atomic E-state index is 10.00. The van der Waals surface area contributed by atoms with E-state index in [4.69, 9.17) is 4.74 Å². The average molecular weight is 284 g/mol. The molecule has 1 aliphatic heterocycles. The van der Waals surface area contributed by atoms with Gasteiger partial charge in [-0.15, -0.1) is 0 Å². The molecule has 2 aliphatic rings. The predicted octanol–water partition coefficient (Wildman–Crippen LogP) is 1.63. The SMILES string of the molecule is CCCNC(CO)(CN(CC)CC1CCCO1)C1CC1. The molecule has 1 heterocycles. The highest BCUT2D eigenvalue weighted by atomic mass is 16.5. The third kappa shape index (κ3) is 4.17. The highest BCUT2D eigenvalue weighted by molar-refractivity contribution is 5.03. The standard InChI is InChI=1S/C16H32N2O2/c1-3-9-17-16(13-19,14-7-8-14)12-18(4-2)11-15-6-5-10-20-15/h14-15,17,19H,3-13H2,1-2H3. The molecule has 2 rings (SSSR count). The maximum Gasteiger partial charge on any atom is 0.0702 e. The summed E-state index contributed by atoms with van der Waals surface area (Å²) in [6, 6.07) is 0. The van der Waals surface area contributed by atoms with E-state index in [1.54, 1.807) is 0 Å². The molecule has 1 saturated heterocycles. The van der Waals surface area contributed by atoms with Crippen LogP contribution in [0.5, 0.6) is 0 Å². The molecule has 1 aliphatic carbocycles. The van der Waals surface area contributed by atoms with Gasteiger partial charge in [0.2, 0.25) is 0 Å². The highest BCUT2D eigenvalue weighted by Gasteiger charge is 2.45. The molecule has 0 amide bonds. The molecule has 2 atom stereocenters. The number of nitrogens with zero attached hydrogens (tertiary/aromatic N) is 1. The van der Waals surface area contributed by atoms with Crippen LogP contribution in [0.2, 0.25) is 0 Å². The Labute approximate surface area is 123 Å². The molecule has 2 fully saturated rings. The number of aliphatic hydroxyl groups excluding tert-OH is 1. The zero-order chi connectivity index (χ0) is 14.4. The topological polar surface area (TPSA) is 44.7 Å². The van der Waals surface area contributed by atoms with Crippen molar-refractivity contribution < 1.29 is 9.84 Å². The number of hydrogen-bond acceptors (Lipinski definition) is 4. The fourth-order valence-electron chi connectivity index (χ4n) is 3.35. The van der Waals surface area contributed by atoms with E-state index < -0.39 is 0 Å². The molecule has 0 aromatic rings. The summed E-state index contributed by atoms with van der Waals surface area (Å²) in [6.07, 6.45) is 6.42. The summed E-state index contributed by atoms with van der Waals surface area (Å²) >= 11 is 0. The van der Waals surface area contributed by atoms with Gasteiger partial charge in [0.25, 0.3) is 0 Å². The summed E-state index contributed by atoms with van der Waals surface area (Å²) in [6.45, 7) is 9.56. The monoisotopic (exact) mass is 284 g/mol. The van der Waals surface area contributed by atoms with Crippen LogP contribution in [-0.4, -0.2) is 61.0 Å². The second-order valence-electron chi connectivity index (χ2n) is 6.48. The molecular formula is C16H32N2O2. The molecule has 20 heavy (non-hydrogen) atoms. The Morgan fingerprint density at radius 1 is 1.30 bits per heavy atom. The van der Waals surface area contributed by atoms with E-state index in [1.807, 2.05) is 0 Å². The Morgan fingerprint density at radius 2 is 2.10 bits per heavy atom. The fraction of sp³-hybridized carbons (Fsp3) is 1.00. The molecule has 0 bridgehead atoms. The third-order valence-electron chi connectivity index (χ3n) is 4.81. The Morgan fingerprint density at radius 3 is 2.60 bits per heavy atom. The highest BCUT2D eigenvalue weighted by Crippen LogP contribution is 2.40. The van der Waals surface area contributed by atoms with Crippen LogP contribution in [0.3, 0.4) is 0 Å². The van der Waals surface area contributed by atoms with E-state index in [0.29, 0.717) is 12.0 Å². The van der Waals surface area contributed by atoms with Crippen molar-refractivity contribution >= 4 is 0 Å². The molecule has 4 heteroatoms. The molecule has 0 spiro atoms. The van der Waals surface area contributed by atoms with Crippen molar-refractivity contribution in [2.45, 2.75) is 57.6 Å². The van der Waals surface area contributed by atoms with Gasteiger partial charge >= 0.3 is 0 Å². The van der Waals surface area contributed by atoms with Crippen LogP contribution < -0.4 is 5.32 Å². The normalized spacial score (nSPS) is 26.1. The first kappa shape index (κ1) is 16.2. The first-order chi connectivity index (χ1) is 9.74. The van der Waals surface area contributed by atoms with Crippen LogP contribution in [0.25, 0.3) is 0 Å². The smallest absolute Gasteiger partial charge is 0.0702 e. The second kappa shape index (κ2) is 7.74. The van der Waals surface area contributed by atoms with Crippen molar-refractivity contribution in [3.63, 3.8) is 0 Å². The van der Waals surface area contributed by atoms with Gasteiger partial charge in [-0.25, -0.2) is 0 Å². The van der Waals surface area contributed by atoms with Crippen LogP contribution in [0.4, 0.5) is 0 Å². The molecule has 118 valence electrons. The molecule has 0 radical (unpaired) electrons. The van der Waals surface area contributed by atoms with E-state index in [9.17, 15) is 5.11 Å². The summed E-state index contributed by atoms with van der Waals surface area (Å²) in [5, 5.41) is 13.7. The number of aliphatic hydroxyl groups is 1. The van der Waals surface area contributed by atoms with E-state index in [1.165, 1.54) is 25.7 Å². The largest absolute Gasteiger partial charge is 0.394 e. The number of nitrogens with one attached hydrogen (secondary N) is 1. The Balaban J connectivity index is 1.92. The summed E-state index contributed by atoms with van der Waals surface area (Å²) in [7, 11) is 0. The Bertz CT molecular complexity index is 278. The van der Waals surface area contributed by atoms with Crippen molar-refractivity contribution in [2.24, 2.45) is 5.92 Å². The number of ether oxygens (including phenoxy) is 1. The van der Waals surface area contributed by atoms with Gasteiger partial charge in [0, 0.05) is 19.7 Å². The van der Waals surface area contributed by atoms with Gasteiger partial charge in [-0.05, 0) is 51.1 Å². The van der Waals surface area contributed by atoms with Gasteiger partial charge in [0.1, 0.15) is 0 Å². The van der Waals surface area contributed by atoms with Gasteiger partial charge in [-0.2, -0.15) is 0 Å². The average Bonchev–Trinajstić information content (AvgIpc) is 3.21. The zero-order valence-corrected chi connectivity index (χ0v) is 13.2. The van der Waals surface area contributed by atoms with Crippen molar-refractivity contribution in [1.82, 2.24) is 10.2 Å². The first-order valence-electron chi connectivity index (χ1n) is 8.44. The van der Waals surface area contributed by atoms with E-state index in [-0.39, 0.29) is 12.1 Å². The minimum Gasteiger partial charge on any atom is -0.394 e. The number of hydrogen-bond donors (Lipinski definition) is 2. The van der Waals surface area contributed by atoms with Gasteiger partial charge in [-0.1, -0.05) is 13.8 Å². The molecule has 4 nitrogen and oxygen atoms in total. The van der Waals surface area contributed by atoms with Gasteiger partial charge in [0.05, 0.1) is 18.2 Å². The Hall–Kier alpha value is -0.160. The lowest BCUT2D eigenvalue weighted by Crippen LogP contribution is -2.58. The van der Waals surface area contributed by atoms with Crippen molar-refractivity contribution in [3.05, 3.63) is 0 Å². The summed E-state index contributed by atoms with van der Waals surface area (Å²) in [4.78, 5) is 2.47. The van der Waals surface area contributed by atoms with Crippen molar-refractivity contribution in [1.29, 1.82) is 0 Å². The molecule has 0 aromatic carbocycles. The lowest BCUT2D eigenvalue weighted by atomic mass is 9.92. The summed E-state index contributed by atoms with van der Waals surface area (Å²) in [5.41, 5.74) is -0.0926. The molecule has 0 aromatic heterocycles. The molecular weight excluding hydrogens is 252 g/mol. The van der Waals surface area contributed by atoms with E-state index >= 15 is 0 Å². The number of likely N-dealkylation sites (N-methyl/N-ethyl adjacent to an activating group) is 1. The Kier molecular flexibility index (Phi) is 6.27. The predicted molar refractivity (Wildman–Crippen MR) is 81.9 cm³/mol. The zero-order valence-electron chi connectivity index (χ0n) is 13.2. The molecule has 2 N–H and O–H groups in total. The minimum absolute atomic E-state index is 0.0926. The minimum atomic E-state index is -0.0926. The maximum atomic E-state index is 10.00. The number of rotatable bonds is 10. The quantitative estimate of drug-likeness (QED) is 0.640. The van der Waals surface area contributed by atoms with Gasteiger partial charge in [0.15, 0.2) is 0 Å². The lowest BCUT2D eigenvalue weighted by molar-refractivity contribution is 0.0448. The molecule has 1 saturated carbocycles. The van der Waals surface area contributed by atoms with Crippen LogP contribution in [-0.2, 0) is 4.74 Å². The van der Waals surface area contributed by atoms with Crippen LogP contribution in [0.1, 0.15) is 46.0 Å². The van der Waals surface area contributed by atoms with Crippen LogP contribution in [0, 0.1) is 5.92 Å². The second-order valence-corrected chi connectivity index (χ2v) is 6.48. The summed E-state index contributed by atoms with van der Waals surface area (Å²) in [5.74, 6) is 0.651. The fourth-order valence-corrected chi connectivity index (χ4v) is 3.35. The van der Waals surface area contributed by atoms with Gasteiger partial charge in [-0.3, -0.25) is 4.90 Å². The first-order valence-corrected chi connectivity index (χ1v) is 8.44. The molecule has 2 unspecified atom stereocenters. The van der Waals surface area contributed by atoms with E-state index in [0.717, 1.165) is 39.2 Å². The van der Waals surface area contributed by atoms with Gasteiger partial charge < -0.3 is 15.2 Å².